The van der Waals surface area contributed by atoms with Gasteiger partial charge in [-0.3, -0.25) is 4.79 Å². The molecule has 4 heterocycles. The van der Waals surface area contributed by atoms with Crippen molar-refractivity contribution >= 4 is 11.7 Å². The molecule has 0 saturated carbocycles. The Morgan fingerprint density at radius 3 is 2.76 bits per heavy atom. The number of benzene rings is 1. The highest BCUT2D eigenvalue weighted by Crippen LogP contribution is 2.38. The van der Waals surface area contributed by atoms with Gasteiger partial charge in [-0.05, 0) is 68.5 Å². The third-order valence-electron chi connectivity index (χ3n) is 7.07. The van der Waals surface area contributed by atoms with E-state index in [1.54, 1.807) is 30.6 Å². The Balaban J connectivity index is 1.31. The van der Waals surface area contributed by atoms with Crippen molar-refractivity contribution in [1.82, 2.24) is 19.9 Å². The number of carbonyl (C=O) groups excluding carboxylic acids is 1. The summed E-state index contributed by atoms with van der Waals surface area (Å²) < 4.78 is 19.2. The molecule has 8 heteroatoms. The molecule has 1 aromatic carbocycles. The van der Waals surface area contributed by atoms with Crippen molar-refractivity contribution in [2.45, 2.75) is 44.6 Å². The lowest BCUT2D eigenvalue weighted by Crippen LogP contribution is -2.46. The molecule has 0 bridgehead atoms. The number of ether oxygens (including phenoxy) is 1. The lowest BCUT2D eigenvalue weighted by Gasteiger charge is -2.36. The standard InChI is InChI=1S/C26H28FN5O2/c1-16(18-5-6-22(34-3)21(27)14-18)25(33)32-12-9-26(15-32)8-7-19-13-20(17(2)30-23(19)31-26)24-28-10-4-11-29-24/h4-6,10-11,13-14,16H,7-9,12,15H2,1-3H3,(H,30,31)/t16?,26-/m0/s1. The molecule has 0 aliphatic carbocycles. The first-order valence-electron chi connectivity index (χ1n) is 11.6. The maximum atomic E-state index is 14.2. The Hall–Kier alpha value is -3.55. The molecular formula is C26H28FN5O2. The van der Waals surface area contributed by atoms with Crippen LogP contribution in [0.3, 0.4) is 0 Å². The first kappa shape index (κ1) is 22.3. The minimum atomic E-state index is -0.454. The quantitative estimate of drug-likeness (QED) is 0.629. The fourth-order valence-electron chi connectivity index (χ4n) is 5.03. The second-order valence-corrected chi connectivity index (χ2v) is 9.23. The zero-order valence-corrected chi connectivity index (χ0v) is 19.6. The van der Waals surface area contributed by atoms with Gasteiger partial charge >= 0.3 is 0 Å². The Labute approximate surface area is 198 Å². The first-order chi connectivity index (χ1) is 16.4. The van der Waals surface area contributed by atoms with E-state index < -0.39 is 11.7 Å². The van der Waals surface area contributed by atoms with Gasteiger partial charge in [-0.1, -0.05) is 6.07 Å². The van der Waals surface area contributed by atoms with Gasteiger partial charge in [0, 0.05) is 31.0 Å². The van der Waals surface area contributed by atoms with E-state index in [-0.39, 0.29) is 17.2 Å². The fourth-order valence-corrected chi connectivity index (χ4v) is 5.03. The highest BCUT2D eigenvalue weighted by molar-refractivity contribution is 5.84. The number of aromatic nitrogens is 3. The number of likely N-dealkylation sites (tertiary alicyclic amines) is 1. The summed E-state index contributed by atoms with van der Waals surface area (Å²) in [5, 5.41) is 3.66. The van der Waals surface area contributed by atoms with Crippen molar-refractivity contribution in [3.63, 3.8) is 0 Å². The minimum Gasteiger partial charge on any atom is -0.494 e. The van der Waals surface area contributed by atoms with E-state index in [0.29, 0.717) is 24.5 Å². The van der Waals surface area contributed by atoms with Crippen molar-refractivity contribution in [2.24, 2.45) is 0 Å². The van der Waals surface area contributed by atoms with E-state index in [0.717, 1.165) is 41.9 Å². The number of hydrogen-bond acceptors (Lipinski definition) is 6. The second kappa shape index (κ2) is 8.66. The molecule has 1 saturated heterocycles. The zero-order chi connectivity index (χ0) is 23.9. The van der Waals surface area contributed by atoms with E-state index in [9.17, 15) is 9.18 Å². The van der Waals surface area contributed by atoms with Crippen molar-refractivity contribution in [2.75, 3.05) is 25.5 Å². The number of fused-ring (bicyclic) bond motifs is 1. The van der Waals surface area contributed by atoms with E-state index in [1.807, 2.05) is 18.7 Å². The van der Waals surface area contributed by atoms with Gasteiger partial charge in [0.15, 0.2) is 17.4 Å². The highest BCUT2D eigenvalue weighted by Gasteiger charge is 2.43. The number of rotatable bonds is 4. The Bertz CT molecular complexity index is 1240. The highest BCUT2D eigenvalue weighted by atomic mass is 19.1. The monoisotopic (exact) mass is 461 g/mol. The molecule has 1 N–H and O–H groups in total. The fraction of sp³-hybridized carbons (Fsp3) is 0.385. The number of pyridine rings is 1. The summed E-state index contributed by atoms with van der Waals surface area (Å²) in [6.07, 6.45) is 6.11. The number of hydrogen-bond donors (Lipinski definition) is 1. The molecule has 0 radical (unpaired) electrons. The van der Waals surface area contributed by atoms with Gasteiger partial charge in [0.05, 0.1) is 24.3 Å². The van der Waals surface area contributed by atoms with Crippen LogP contribution in [-0.2, 0) is 11.2 Å². The van der Waals surface area contributed by atoms with Crippen LogP contribution >= 0.6 is 0 Å². The summed E-state index contributed by atoms with van der Waals surface area (Å²) in [5.74, 6) is 0.860. The molecule has 7 nitrogen and oxygen atoms in total. The maximum absolute atomic E-state index is 14.2. The summed E-state index contributed by atoms with van der Waals surface area (Å²) in [7, 11) is 1.43. The first-order valence-corrected chi connectivity index (χ1v) is 11.6. The van der Waals surface area contributed by atoms with Gasteiger partial charge in [-0.2, -0.15) is 0 Å². The van der Waals surface area contributed by atoms with E-state index in [1.165, 1.54) is 13.2 Å². The van der Waals surface area contributed by atoms with Crippen molar-refractivity contribution < 1.29 is 13.9 Å². The molecule has 1 unspecified atom stereocenters. The average molecular weight is 462 g/mol. The molecule has 1 amide bonds. The van der Waals surface area contributed by atoms with Crippen LogP contribution in [0.2, 0.25) is 0 Å². The Kier molecular flexibility index (Phi) is 5.67. The molecule has 2 aromatic heterocycles. The third kappa shape index (κ3) is 3.97. The predicted molar refractivity (Wildman–Crippen MR) is 127 cm³/mol. The summed E-state index contributed by atoms with van der Waals surface area (Å²) in [4.78, 5) is 28.7. The minimum absolute atomic E-state index is 0.00903. The van der Waals surface area contributed by atoms with Gasteiger partial charge in [0.2, 0.25) is 5.91 Å². The topological polar surface area (TPSA) is 80.2 Å². The molecule has 1 spiro atoms. The average Bonchev–Trinajstić information content (AvgIpc) is 3.26. The number of methoxy groups -OCH3 is 1. The number of nitrogens with zero attached hydrogens (tertiary/aromatic N) is 4. The lowest BCUT2D eigenvalue weighted by molar-refractivity contribution is -0.131. The summed E-state index contributed by atoms with van der Waals surface area (Å²) >= 11 is 0. The van der Waals surface area contributed by atoms with Crippen LogP contribution < -0.4 is 10.1 Å². The predicted octanol–water partition coefficient (Wildman–Crippen LogP) is 4.13. The van der Waals surface area contributed by atoms with Crippen LogP contribution in [0, 0.1) is 12.7 Å². The SMILES string of the molecule is COc1ccc(C(C)C(=O)N2CC[C@@]3(CCc4cc(-c5ncccn5)c(C)nc4N3)C2)cc1F. The van der Waals surface area contributed by atoms with Gasteiger partial charge in [-0.15, -0.1) is 0 Å². The molecule has 176 valence electrons. The second-order valence-electron chi connectivity index (χ2n) is 9.23. The van der Waals surface area contributed by atoms with E-state index in [4.69, 9.17) is 9.72 Å². The Morgan fingerprint density at radius 1 is 1.24 bits per heavy atom. The summed E-state index contributed by atoms with van der Waals surface area (Å²) in [6.45, 7) is 5.07. The number of halogens is 1. The van der Waals surface area contributed by atoms with Gasteiger partial charge in [-0.25, -0.2) is 19.3 Å². The summed E-state index contributed by atoms with van der Waals surface area (Å²) in [5.41, 5.74) is 3.42. The third-order valence-corrected chi connectivity index (χ3v) is 7.07. The van der Waals surface area contributed by atoms with Gasteiger partial charge < -0.3 is 15.0 Å². The van der Waals surface area contributed by atoms with Crippen LogP contribution in [-0.4, -0.2) is 51.5 Å². The number of aryl methyl sites for hydroxylation is 2. The molecule has 2 aliphatic heterocycles. The van der Waals surface area contributed by atoms with E-state index in [2.05, 4.69) is 21.4 Å². The molecular weight excluding hydrogens is 433 g/mol. The molecule has 34 heavy (non-hydrogen) atoms. The van der Waals surface area contributed by atoms with Crippen LogP contribution in [0.4, 0.5) is 10.2 Å². The van der Waals surface area contributed by atoms with Crippen LogP contribution in [0.5, 0.6) is 5.75 Å². The number of amides is 1. The maximum Gasteiger partial charge on any atom is 0.229 e. The molecule has 2 atom stereocenters. The molecule has 3 aromatic rings. The van der Waals surface area contributed by atoms with Gasteiger partial charge in [0.1, 0.15) is 5.82 Å². The van der Waals surface area contributed by atoms with E-state index >= 15 is 0 Å². The number of nitrogens with one attached hydrogen (secondary N) is 1. The Morgan fingerprint density at radius 2 is 2.03 bits per heavy atom. The molecule has 1 fully saturated rings. The van der Waals surface area contributed by atoms with Crippen molar-refractivity contribution in [3.05, 3.63) is 65.4 Å². The zero-order valence-electron chi connectivity index (χ0n) is 19.6. The van der Waals surface area contributed by atoms with Gasteiger partial charge in [0.25, 0.3) is 0 Å². The molecule has 5 rings (SSSR count). The van der Waals surface area contributed by atoms with Crippen LogP contribution in [0.25, 0.3) is 11.4 Å². The van der Waals surface area contributed by atoms with Crippen molar-refractivity contribution in [3.8, 4) is 17.1 Å². The van der Waals surface area contributed by atoms with Crippen LogP contribution in [0.15, 0.2) is 42.7 Å². The molecule has 2 aliphatic rings. The largest absolute Gasteiger partial charge is 0.494 e. The smallest absolute Gasteiger partial charge is 0.229 e. The normalized spacial score (nSPS) is 20.1. The lowest BCUT2D eigenvalue weighted by atomic mass is 9.86. The summed E-state index contributed by atoms with van der Waals surface area (Å²) in [6, 6.07) is 8.65. The number of anilines is 1. The van der Waals surface area contributed by atoms with Crippen LogP contribution in [0.1, 0.15) is 42.5 Å². The number of carbonyl (C=O) groups is 1. The van der Waals surface area contributed by atoms with Crippen molar-refractivity contribution in [1.29, 1.82) is 0 Å².